The number of halogens is 1. The first-order valence-corrected chi connectivity index (χ1v) is 6.24. The highest BCUT2D eigenvalue weighted by atomic mass is 35.5. The predicted molar refractivity (Wildman–Crippen MR) is 74.9 cm³/mol. The molecule has 1 aromatic carbocycles. The highest BCUT2D eigenvalue weighted by Crippen LogP contribution is 2.23. The molecule has 0 saturated heterocycles. The van der Waals surface area contributed by atoms with Gasteiger partial charge in [0.1, 0.15) is 0 Å². The lowest BCUT2D eigenvalue weighted by Crippen LogP contribution is -2.34. The first kappa shape index (κ1) is 15.3. The molecule has 2 N–H and O–H groups in total. The van der Waals surface area contributed by atoms with E-state index >= 15 is 0 Å². The third kappa shape index (κ3) is 4.44. The van der Waals surface area contributed by atoms with Crippen LogP contribution < -0.4 is 5.32 Å². The molecule has 0 aliphatic heterocycles. The Morgan fingerprint density at radius 1 is 1.42 bits per heavy atom. The first-order chi connectivity index (χ1) is 8.81. The molecule has 0 saturated carbocycles. The lowest BCUT2D eigenvalue weighted by atomic mass is 10.2. The molecule has 19 heavy (non-hydrogen) atoms. The van der Waals surface area contributed by atoms with Gasteiger partial charge in [-0.2, -0.15) is 0 Å². The molecule has 0 aromatic heterocycles. The van der Waals surface area contributed by atoms with Crippen LogP contribution in [-0.2, 0) is 0 Å². The summed E-state index contributed by atoms with van der Waals surface area (Å²) in [5.41, 5.74) is 0.369. The third-order valence-corrected chi connectivity index (χ3v) is 2.77. The van der Waals surface area contributed by atoms with Gasteiger partial charge in [0.15, 0.2) is 0 Å². The predicted octanol–water partition coefficient (Wildman–Crippen LogP) is 3.16. The Balaban J connectivity index is 2.84. The van der Waals surface area contributed by atoms with Gasteiger partial charge in [-0.25, -0.2) is 9.59 Å². The van der Waals surface area contributed by atoms with Crippen molar-refractivity contribution in [1.29, 1.82) is 0 Å². The zero-order chi connectivity index (χ0) is 14.6. The van der Waals surface area contributed by atoms with Crippen molar-refractivity contribution < 1.29 is 14.7 Å². The number of anilines is 1. The van der Waals surface area contributed by atoms with E-state index in [1.165, 1.54) is 23.1 Å². The number of aromatic carboxylic acids is 1. The Morgan fingerprint density at radius 2 is 2.05 bits per heavy atom. The van der Waals surface area contributed by atoms with Crippen molar-refractivity contribution in [2.75, 3.05) is 18.9 Å². The average Bonchev–Trinajstić information content (AvgIpc) is 2.30. The van der Waals surface area contributed by atoms with Gasteiger partial charge in [-0.1, -0.05) is 25.4 Å². The van der Waals surface area contributed by atoms with E-state index < -0.39 is 5.97 Å². The largest absolute Gasteiger partial charge is 0.478 e. The minimum Gasteiger partial charge on any atom is -0.478 e. The van der Waals surface area contributed by atoms with Gasteiger partial charge in [-0.05, 0) is 24.1 Å². The molecule has 1 rings (SSSR count). The number of hydrogen-bond donors (Lipinski definition) is 2. The molecule has 2 amide bonds. The Morgan fingerprint density at radius 3 is 2.58 bits per heavy atom. The number of hydrogen-bond acceptors (Lipinski definition) is 2. The summed E-state index contributed by atoms with van der Waals surface area (Å²) in [5.74, 6) is -0.723. The van der Waals surface area contributed by atoms with E-state index in [2.05, 4.69) is 5.32 Å². The quantitative estimate of drug-likeness (QED) is 0.892. The van der Waals surface area contributed by atoms with E-state index in [9.17, 15) is 9.59 Å². The highest BCUT2D eigenvalue weighted by molar-refractivity contribution is 6.33. The zero-order valence-electron chi connectivity index (χ0n) is 11.1. The van der Waals surface area contributed by atoms with Crippen molar-refractivity contribution in [1.82, 2.24) is 4.90 Å². The van der Waals surface area contributed by atoms with Gasteiger partial charge in [0.2, 0.25) is 0 Å². The van der Waals surface area contributed by atoms with E-state index in [1.54, 1.807) is 7.05 Å². The minimum absolute atomic E-state index is 0.0752. The lowest BCUT2D eigenvalue weighted by molar-refractivity contribution is 0.0697. The molecule has 0 aliphatic rings. The second-order valence-electron chi connectivity index (χ2n) is 4.70. The highest BCUT2D eigenvalue weighted by Gasteiger charge is 2.13. The van der Waals surface area contributed by atoms with Crippen molar-refractivity contribution in [3.8, 4) is 0 Å². The van der Waals surface area contributed by atoms with E-state index in [-0.39, 0.29) is 11.6 Å². The maximum absolute atomic E-state index is 11.9. The summed E-state index contributed by atoms with van der Waals surface area (Å²) in [7, 11) is 1.67. The van der Waals surface area contributed by atoms with E-state index in [4.69, 9.17) is 16.7 Å². The normalized spacial score (nSPS) is 10.4. The van der Waals surface area contributed by atoms with Gasteiger partial charge in [0, 0.05) is 13.6 Å². The van der Waals surface area contributed by atoms with Gasteiger partial charge >= 0.3 is 12.0 Å². The topological polar surface area (TPSA) is 69.6 Å². The molecule has 0 atom stereocenters. The molecule has 5 nitrogen and oxygen atoms in total. The number of nitrogens with zero attached hydrogens (tertiary/aromatic N) is 1. The van der Waals surface area contributed by atoms with Crippen molar-refractivity contribution in [2.24, 2.45) is 5.92 Å². The van der Waals surface area contributed by atoms with Gasteiger partial charge < -0.3 is 15.3 Å². The molecule has 0 fully saturated rings. The fraction of sp³-hybridized carbons (Fsp3) is 0.385. The molecule has 0 spiro atoms. The van der Waals surface area contributed by atoms with Crippen LogP contribution in [-0.4, -0.2) is 35.6 Å². The van der Waals surface area contributed by atoms with Crippen LogP contribution in [0.5, 0.6) is 0 Å². The fourth-order valence-corrected chi connectivity index (χ4v) is 1.76. The Bertz CT molecular complexity index is 489. The van der Waals surface area contributed by atoms with E-state index in [0.717, 1.165) is 0 Å². The molecule has 0 unspecified atom stereocenters. The van der Waals surface area contributed by atoms with Crippen LogP contribution in [0.2, 0.25) is 5.02 Å². The number of carbonyl (C=O) groups is 2. The fourth-order valence-electron chi connectivity index (χ4n) is 1.60. The second-order valence-corrected chi connectivity index (χ2v) is 5.11. The van der Waals surface area contributed by atoms with Crippen molar-refractivity contribution in [3.05, 3.63) is 28.8 Å². The van der Waals surface area contributed by atoms with Crippen LogP contribution in [0.1, 0.15) is 24.2 Å². The molecular weight excluding hydrogens is 268 g/mol. The number of amides is 2. The smallest absolute Gasteiger partial charge is 0.335 e. The van der Waals surface area contributed by atoms with Crippen molar-refractivity contribution in [3.63, 3.8) is 0 Å². The van der Waals surface area contributed by atoms with E-state index in [1.807, 2.05) is 13.8 Å². The first-order valence-electron chi connectivity index (χ1n) is 5.86. The molecule has 1 aromatic rings. The third-order valence-electron chi connectivity index (χ3n) is 2.44. The summed E-state index contributed by atoms with van der Waals surface area (Å²) in [6.45, 7) is 4.60. The van der Waals surface area contributed by atoms with Gasteiger partial charge in [0.05, 0.1) is 16.3 Å². The molecule has 0 aliphatic carbocycles. The van der Waals surface area contributed by atoms with Crippen LogP contribution >= 0.6 is 11.6 Å². The molecule has 0 bridgehead atoms. The summed E-state index contributed by atoms with van der Waals surface area (Å²) in [6.07, 6.45) is 0. The Labute approximate surface area is 117 Å². The SMILES string of the molecule is CC(C)CN(C)C(=O)Nc1cc(C(=O)O)ccc1Cl. The van der Waals surface area contributed by atoms with Crippen LogP contribution in [0.25, 0.3) is 0 Å². The summed E-state index contributed by atoms with van der Waals surface area (Å²) in [6, 6.07) is 3.85. The maximum Gasteiger partial charge on any atom is 0.335 e. The lowest BCUT2D eigenvalue weighted by Gasteiger charge is -2.20. The van der Waals surface area contributed by atoms with Crippen LogP contribution in [0, 0.1) is 5.92 Å². The molecule has 0 radical (unpaired) electrons. The Kier molecular flexibility index (Phi) is 5.18. The van der Waals surface area contributed by atoms with Gasteiger partial charge in [-0.3, -0.25) is 0 Å². The molecule has 6 heteroatoms. The van der Waals surface area contributed by atoms with Gasteiger partial charge in [0.25, 0.3) is 0 Å². The number of carboxylic acids is 1. The minimum atomic E-state index is -1.07. The maximum atomic E-state index is 11.9. The zero-order valence-corrected chi connectivity index (χ0v) is 11.9. The average molecular weight is 285 g/mol. The number of benzene rings is 1. The summed E-state index contributed by atoms with van der Waals surface area (Å²) >= 11 is 5.93. The standard InChI is InChI=1S/C13H17ClN2O3/c1-8(2)7-16(3)13(19)15-11-6-9(12(17)18)4-5-10(11)14/h4-6,8H,7H2,1-3H3,(H,15,19)(H,17,18). The van der Waals surface area contributed by atoms with Crippen LogP contribution in [0.3, 0.4) is 0 Å². The number of nitrogens with one attached hydrogen (secondary N) is 1. The molecule has 0 heterocycles. The number of carboxylic acid groups (broad SMARTS) is 1. The molecule has 104 valence electrons. The number of carbonyl (C=O) groups excluding carboxylic acids is 1. The Hall–Kier alpha value is -1.75. The number of rotatable bonds is 4. The summed E-state index contributed by atoms with van der Waals surface area (Å²) in [5, 5.41) is 11.8. The van der Waals surface area contributed by atoms with Gasteiger partial charge in [-0.15, -0.1) is 0 Å². The number of urea groups is 1. The van der Waals surface area contributed by atoms with Crippen LogP contribution in [0.4, 0.5) is 10.5 Å². The molecular formula is C13H17ClN2O3. The summed E-state index contributed by atoms with van der Waals surface area (Å²) in [4.78, 5) is 24.3. The van der Waals surface area contributed by atoms with E-state index in [0.29, 0.717) is 23.2 Å². The van der Waals surface area contributed by atoms with Crippen molar-refractivity contribution >= 4 is 29.3 Å². The van der Waals surface area contributed by atoms with Crippen molar-refractivity contribution in [2.45, 2.75) is 13.8 Å². The monoisotopic (exact) mass is 284 g/mol. The second kappa shape index (κ2) is 6.43. The van der Waals surface area contributed by atoms with Crippen LogP contribution in [0.15, 0.2) is 18.2 Å². The summed E-state index contributed by atoms with van der Waals surface area (Å²) < 4.78 is 0.